The Labute approximate surface area is 534 Å². The standard InChI is InChI=1S/C68H88N10O10S2/c1-5-67-44-68(45-67,46-67)55-41-66(3,4)24-22-49(55)42-75-30-32-76(33-31-75)51-16-14-48(15-17-51)61(80)73-90(85,86)53-18-19-56(47(2)40-53)71-50(43-89-52-10-7-6-8-11-52)23-27-74-28-34-77(35-29-74)65(84)70-26-37-88-39-38-87-36-25-69-57-13-9-12-54-60(57)64(83)78(63(54)82)58-20-21-59(79)72-62(58)81/h6-19,40,50,58,69,71H,5,20-39,41-46H2,1-4H3,(H,70,84)(H,73,80)(H,72,79,81)/t50-,58?,67?,68?/m1/s1. The number of carbonyl (C=O) groups is 6. The molecule has 0 radical (unpaired) electrons. The van der Waals surface area contributed by atoms with Crippen LogP contribution in [-0.4, -0.2) is 186 Å². The molecule has 3 saturated carbocycles. The second-order valence-electron chi connectivity index (χ2n) is 26.5. The van der Waals surface area contributed by atoms with Crippen molar-refractivity contribution >= 4 is 74.4 Å². The van der Waals surface area contributed by atoms with E-state index in [0.717, 1.165) is 78.2 Å². The fourth-order valence-electron chi connectivity index (χ4n) is 14.5. The van der Waals surface area contributed by atoms with E-state index in [-0.39, 0.29) is 53.1 Å². The smallest absolute Gasteiger partial charge is 0.317 e. The predicted octanol–water partition coefficient (Wildman–Crippen LogP) is 8.16. The number of amides is 7. The molecule has 4 aromatic rings. The summed E-state index contributed by atoms with van der Waals surface area (Å²) < 4.78 is 41.2. The van der Waals surface area contributed by atoms with Gasteiger partial charge in [0.1, 0.15) is 6.04 Å². The first kappa shape index (κ1) is 64.7. The second kappa shape index (κ2) is 28.0. The van der Waals surface area contributed by atoms with Crippen LogP contribution in [0.3, 0.4) is 0 Å². The predicted molar refractivity (Wildman–Crippen MR) is 348 cm³/mol. The highest BCUT2D eigenvalue weighted by molar-refractivity contribution is 7.99. The lowest BCUT2D eigenvalue weighted by Crippen LogP contribution is -2.63. The van der Waals surface area contributed by atoms with Gasteiger partial charge in [0.25, 0.3) is 27.7 Å². The van der Waals surface area contributed by atoms with Crippen LogP contribution in [0.1, 0.15) is 122 Å². The molecular weight excluding hydrogens is 1180 g/mol. The molecule has 5 N–H and O–H groups in total. The molecule has 4 aromatic carbocycles. The van der Waals surface area contributed by atoms with Gasteiger partial charge in [-0.05, 0) is 147 Å². The first-order valence-corrected chi connectivity index (χ1v) is 34.7. The summed E-state index contributed by atoms with van der Waals surface area (Å²) in [6.45, 7) is 19.3. The summed E-state index contributed by atoms with van der Waals surface area (Å²) in [7, 11) is -4.18. The molecule has 2 atom stereocenters. The van der Waals surface area contributed by atoms with Crippen molar-refractivity contribution in [2.24, 2.45) is 16.2 Å². The second-order valence-corrected chi connectivity index (χ2v) is 29.2. The fourth-order valence-corrected chi connectivity index (χ4v) is 16.5. The molecule has 3 saturated heterocycles. The van der Waals surface area contributed by atoms with Gasteiger partial charge in [-0.3, -0.25) is 44.0 Å². The summed E-state index contributed by atoms with van der Waals surface area (Å²) in [4.78, 5) is 88.5. The molecule has 7 amide bonds. The van der Waals surface area contributed by atoms with Gasteiger partial charge in [0.15, 0.2) is 0 Å². The van der Waals surface area contributed by atoms with Crippen molar-refractivity contribution in [3.8, 4) is 0 Å². The van der Waals surface area contributed by atoms with Crippen LogP contribution in [0.5, 0.6) is 0 Å². The summed E-state index contributed by atoms with van der Waals surface area (Å²) in [5.41, 5.74) is 8.75. The fraction of sp³-hybridized carbons (Fsp3) is 0.529. The van der Waals surface area contributed by atoms with Crippen molar-refractivity contribution in [2.75, 3.05) is 126 Å². The number of nitrogens with zero attached hydrogens (tertiary/aromatic N) is 5. The first-order chi connectivity index (χ1) is 43.3. The van der Waals surface area contributed by atoms with E-state index in [4.69, 9.17) is 9.47 Å². The van der Waals surface area contributed by atoms with Gasteiger partial charge in [0.2, 0.25) is 11.8 Å². The minimum Gasteiger partial charge on any atom is -0.382 e. The van der Waals surface area contributed by atoms with E-state index in [2.05, 4.69) is 73.6 Å². The molecule has 20 nitrogen and oxygen atoms in total. The third-order valence-electron chi connectivity index (χ3n) is 19.7. The number of sulfonamides is 1. The molecular formula is C68H88N10O10S2. The summed E-state index contributed by atoms with van der Waals surface area (Å²) in [6.07, 6.45) is 10.2. The van der Waals surface area contributed by atoms with Gasteiger partial charge >= 0.3 is 6.03 Å². The third kappa shape index (κ3) is 14.9. The number of piperidine rings is 1. The number of hydrogen-bond acceptors (Lipinski definition) is 16. The molecule has 4 aliphatic carbocycles. The number of piperazine rings is 2. The summed E-state index contributed by atoms with van der Waals surface area (Å²) in [6, 6.07) is 26.2. The maximum Gasteiger partial charge on any atom is 0.317 e. The molecule has 4 heterocycles. The Hall–Kier alpha value is -6.82. The summed E-state index contributed by atoms with van der Waals surface area (Å²) in [5, 5.41) is 12.0. The highest BCUT2D eigenvalue weighted by Gasteiger charge is 2.68. The Kier molecular flexibility index (Phi) is 20.1. The van der Waals surface area contributed by atoms with Crippen molar-refractivity contribution in [1.29, 1.82) is 0 Å². The van der Waals surface area contributed by atoms with Crippen molar-refractivity contribution < 1.29 is 46.7 Å². The number of urea groups is 1. The number of aryl methyl sites for hydroxylation is 1. The normalized spacial score (nSPS) is 23.0. The molecule has 12 rings (SSSR count). The van der Waals surface area contributed by atoms with Gasteiger partial charge in [0.05, 0.1) is 42.4 Å². The van der Waals surface area contributed by atoms with Crippen LogP contribution in [0.15, 0.2) is 112 Å². The molecule has 2 bridgehead atoms. The van der Waals surface area contributed by atoms with Crippen LogP contribution in [0.2, 0.25) is 0 Å². The number of fused-ring (bicyclic) bond motifs is 1. The Morgan fingerprint density at radius 3 is 2.19 bits per heavy atom. The average Bonchev–Trinajstić information content (AvgIpc) is 0.798. The number of hydrogen-bond donors (Lipinski definition) is 5. The number of anilines is 3. The van der Waals surface area contributed by atoms with E-state index in [0.29, 0.717) is 81.0 Å². The number of benzene rings is 4. The largest absolute Gasteiger partial charge is 0.382 e. The van der Waals surface area contributed by atoms with Crippen molar-refractivity contribution in [3.63, 3.8) is 0 Å². The van der Waals surface area contributed by atoms with Gasteiger partial charge < -0.3 is 35.2 Å². The highest BCUT2D eigenvalue weighted by atomic mass is 32.2. The Balaban J connectivity index is 0.581. The quantitative estimate of drug-likeness (QED) is 0.0164. The SMILES string of the molecule is CCC12CC(C3=C(CN4CCN(c5ccc(C(=O)NS(=O)(=O)c6ccc(N[C@H](CCN7CCN(C(=O)NCCOCCOCCNc8cccc9c8C(=O)N(C8CCC(=O)NC8=O)C9=O)CC7)CSc7ccccc7)c(C)c6)cc5)CC4)CCC(C)(C)C3)(C1)C2. The lowest BCUT2D eigenvalue weighted by Gasteiger charge is -2.73. The van der Waals surface area contributed by atoms with E-state index in [1.54, 1.807) is 65.9 Å². The van der Waals surface area contributed by atoms with Crippen LogP contribution in [0.25, 0.3) is 0 Å². The average molecular weight is 1270 g/mol. The zero-order valence-corrected chi connectivity index (χ0v) is 54.2. The van der Waals surface area contributed by atoms with E-state index in [1.165, 1.54) is 44.9 Å². The van der Waals surface area contributed by atoms with E-state index in [1.807, 2.05) is 47.7 Å². The number of rotatable bonds is 27. The number of nitrogens with one attached hydrogen (secondary N) is 5. The van der Waals surface area contributed by atoms with Crippen LogP contribution >= 0.6 is 11.8 Å². The van der Waals surface area contributed by atoms with Crippen molar-refractivity contribution in [3.05, 3.63) is 124 Å². The zero-order valence-electron chi connectivity index (χ0n) is 52.5. The van der Waals surface area contributed by atoms with Gasteiger partial charge in [-0.25, -0.2) is 17.9 Å². The molecule has 0 aromatic heterocycles. The maximum absolute atomic E-state index is 13.7. The first-order valence-electron chi connectivity index (χ1n) is 32.2. The van der Waals surface area contributed by atoms with Crippen molar-refractivity contribution in [2.45, 2.75) is 114 Å². The zero-order chi connectivity index (χ0) is 63.2. The van der Waals surface area contributed by atoms with Crippen LogP contribution < -0.4 is 30.9 Å². The number of carbonyl (C=O) groups excluding carboxylic acids is 6. The lowest BCUT2D eigenvalue weighted by atomic mass is 9.31. The topological polar surface area (TPSA) is 231 Å². The number of imide groups is 2. The maximum atomic E-state index is 13.7. The van der Waals surface area contributed by atoms with Gasteiger partial charge in [0, 0.05) is 124 Å². The van der Waals surface area contributed by atoms with Crippen LogP contribution in [-0.2, 0) is 29.1 Å². The van der Waals surface area contributed by atoms with Crippen LogP contribution in [0.4, 0.5) is 21.9 Å². The Morgan fingerprint density at radius 2 is 1.49 bits per heavy atom. The number of allylic oxidation sites excluding steroid dienone is 1. The highest BCUT2D eigenvalue weighted by Crippen LogP contribution is 2.79. The monoisotopic (exact) mass is 1270 g/mol. The van der Waals surface area contributed by atoms with E-state index in [9.17, 15) is 37.2 Å². The molecule has 8 aliphatic rings. The molecule has 0 spiro atoms. The molecule has 4 aliphatic heterocycles. The van der Waals surface area contributed by atoms with Gasteiger partial charge in [-0.1, -0.05) is 62.6 Å². The number of ether oxygens (including phenoxy) is 2. The third-order valence-corrected chi connectivity index (χ3v) is 22.2. The molecule has 1 unspecified atom stereocenters. The van der Waals surface area contributed by atoms with Crippen molar-refractivity contribution in [1.82, 2.24) is 35.0 Å². The molecule has 6 fully saturated rings. The van der Waals surface area contributed by atoms with Gasteiger partial charge in [-0.2, -0.15) is 0 Å². The van der Waals surface area contributed by atoms with E-state index < -0.39 is 45.6 Å². The van der Waals surface area contributed by atoms with Gasteiger partial charge in [-0.15, -0.1) is 11.8 Å². The van der Waals surface area contributed by atoms with Crippen LogP contribution in [0, 0.1) is 23.2 Å². The lowest BCUT2D eigenvalue weighted by molar-refractivity contribution is -0.182. The minimum atomic E-state index is -4.18. The minimum absolute atomic E-state index is 0.0124. The molecule has 482 valence electrons. The summed E-state index contributed by atoms with van der Waals surface area (Å²) in [5.74, 6) is -2.15. The number of thioether (sulfide) groups is 1. The Morgan fingerprint density at radius 1 is 0.778 bits per heavy atom. The Bertz CT molecular complexity index is 3440. The molecule has 22 heteroatoms. The van der Waals surface area contributed by atoms with E-state index >= 15 is 0 Å². The molecule has 90 heavy (non-hydrogen) atoms. The summed E-state index contributed by atoms with van der Waals surface area (Å²) >= 11 is 1.75.